The Morgan fingerprint density at radius 1 is 1.38 bits per heavy atom. The first-order valence-electron chi connectivity index (χ1n) is 7.19. The first-order valence-corrected chi connectivity index (χ1v) is 9.45. The molecule has 0 aromatic carbocycles. The lowest BCUT2D eigenvalue weighted by atomic mass is 9.98. The fraction of sp³-hybridized carbons (Fsp3) is 0.500. The van der Waals surface area contributed by atoms with Crippen molar-refractivity contribution in [3.05, 3.63) is 35.2 Å². The quantitative estimate of drug-likeness (QED) is 0.939. The Morgan fingerprint density at radius 2 is 2.14 bits per heavy atom. The number of nitrogens with one attached hydrogen (secondary N) is 1. The van der Waals surface area contributed by atoms with Gasteiger partial charge in [0.1, 0.15) is 10.0 Å². The van der Waals surface area contributed by atoms with Crippen LogP contribution in [0.2, 0.25) is 0 Å². The predicted octanol–water partition coefficient (Wildman–Crippen LogP) is 2.60. The lowest BCUT2D eigenvalue weighted by Gasteiger charge is -2.29. The van der Waals surface area contributed by atoms with Gasteiger partial charge in [0, 0.05) is 36.3 Å². The summed E-state index contributed by atoms with van der Waals surface area (Å²) in [6, 6.07) is 3.64. The second kappa shape index (κ2) is 5.90. The van der Waals surface area contributed by atoms with Crippen molar-refractivity contribution in [1.82, 2.24) is 14.3 Å². The smallest absolute Gasteiger partial charge is 0.252 e. The van der Waals surface area contributed by atoms with Crippen molar-refractivity contribution in [2.75, 3.05) is 13.1 Å². The summed E-state index contributed by atoms with van der Waals surface area (Å²) in [4.78, 5) is 8.51. The van der Waals surface area contributed by atoms with Crippen molar-refractivity contribution in [2.45, 2.75) is 36.3 Å². The van der Waals surface area contributed by atoms with E-state index < -0.39 is 10.0 Å². The van der Waals surface area contributed by atoms with Gasteiger partial charge in [-0.1, -0.05) is 6.92 Å². The number of aromatic amines is 1. The normalized spacial score (nSPS) is 18.1. The number of H-pyrrole nitrogens is 1. The SMILES string of the molecule is CCc1ccc(S(=O)(=O)N2CCC(c3ncc[nH]3)CC2)s1. The number of thiophene rings is 1. The molecule has 1 N–H and O–H groups in total. The van der Waals surface area contributed by atoms with Crippen LogP contribution in [-0.2, 0) is 16.4 Å². The molecule has 7 heteroatoms. The molecule has 5 nitrogen and oxygen atoms in total. The topological polar surface area (TPSA) is 66.1 Å². The second-order valence-corrected chi connectivity index (χ2v) is 8.56. The lowest BCUT2D eigenvalue weighted by Crippen LogP contribution is -2.37. The molecule has 3 heterocycles. The van der Waals surface area contributed by atoms with Crippen LogP contribution in [0.4, 0.5) is 0 Å². The van der Waals surface area contributed by atoms with Crippen molar-refractivity contribution in [3.8, 4) is 0 Å². The van der Waals surface area contributed by atoms with Crippen molar-refractivity contribution in [3.63, 3.8) is 0 Å². The molecule has 0 unspecified atom stereocenters. The third-order valence-electron chi connectivity index (χ3n) is 3.94. The van der Waals surface area contributed by atoms with Gasteiger partial charge < -0.3 is 4.98 Å². The predicted molar refractivity (Wildman–Crippen MR) is 83.0 cm³/mol. The molecule has 1 aliphatic heterocycles. The minimum Gasteiger partial charge on any atom is -0.348 e. The Hall–Kier alpha value is -1.18. The summed E-state index contributed by atoms with van der Waals surface area (Å²) in [5.74, 6) is 1.30. The summed E-state index contributed by atoms with van der Waals surface area (Å²) in [6.07, 6.45) is 6.07. The van der Waals surface area contributed by atoms with Crippen LogP contribution in [0.3, 0.4) is 0 Å². The zero-order valence-corrected chi connectivity index (χ0v) is 13.6. The van der Waals surface area contributed by atoms with Gasteiger partial charge in [-0.15, -0.1) is 11.3 Å². The van der Waals surface area contributed by atoms with E-state index in [1.54, 1.807) is 16.6 Å². The van der Waals surface area contributed by atoms with Gasteiger partial charge >= 0.3 is 0 Å². The highest BCUT2D eigenvalue weighted by molar-refractivity contribution is 7.91. The van der Waals surface area contributed by atoms with E-state index in [0.29, 0.717) is 23.2 Å². The Balaban J connectivity index is 1.71. The van der Waals surface area contributed by atoms with E-state index in [1.807, 2.05) is 19.2 Å². The summed E-state index contributed by atoms with van der Waals surface area (Å²) >= 11 is 1.38. The van der Waals surface area contributed by atoms with Crippen LogP contribution in [0.25, 0.3) is 0 Å². The Kier molecular flexibility index (Phi) is 4.14. The van der Waals surface area contributed by atoms with E-state index in [0.717, 1.165) is 30.0 Å². The van der Waals surface area contributed by atoms with Gasteiger partial charge in [0.05, 0.1) is 0 Å². The average molecular weight is 325 g/mol. The molecule has 0 radical (unpaired) electrons. The second-order valence-electron chi connectivity index (χ2n) is 5.23. The highest BCUT2D eigenvalue weighted by atomic mass is 32.2. The largest absolute Gasteiger partial charge is 0.348 e. The first kappa shape index (κ1) is 14.7. The number of imidazole rings is 1. The maximum atomic E-state index is 12.6. The number of nitrogens with zero attached hydrogens (tertiary/aromatic N) is 2. The fourth-order valence-electron chi connectivity index (χ4n) is 2.68. The van der Waals surface area contributed by atoms with Crippen molar-refractivity contribution >= 4 is 21.4 Å². The zero-order chi connectivity index (χ0) is 14.9. The first-order chi connectivity index (χ1) is 10.1. The Bertz CT molecular complexity index is 684. The summed E-state index contributed by atoms with van der Waals surface area (Å²) in [5.41, 5.74) is 0. The number of rotatable bonds is 4. The minimum atomic E-state index is -3.32. The van der Waals surface area contributed by atoms with Gasteiger partial charge in [0.2, 0.25) is 0 Å². The van der Waals surface area contributed by atoms with Crippen molar-refractivity contribution < 1.29 is 8.42 Å². The molecule has 21 heavy (non-hydrogen) atoms. The van der Waals surface area contributed by atoms with Crippen LogP contribution in [0.5, 0.6) is 0 Å². The number of hydrogen-bond acceptors (Lipinski definition) is 4. The fourth-order valence-corrected chi connectivity index (χ4v) is 5.60. The molecule has 0 spiro atoms. The van der Waals surface area contributed by atoms with Crippen molar-refractivity contribution in [2.24, 2.45) is 0 Å². The van der Waals surface area contributed by atoms with Crippen LogP contribution in [0, 0.1) is 0 Å². The monoisotopic (exact) mass is 325 g/mol. The molecular weight excluding hydrogens is 306 g/mol. The van der Waals surface area contributed by atoms with Gasteiger partial charge in [0.15, 0.2) is 0 Å². The number of piperidine rings is 1. The van der Waals surface area contributed by atoms with Crippen LogP contribution in [-0.4, -0.2) is 35.8 Å². The number of sulfonamides is 1. The minimum absolute atomic E-state index is 0.334. The summed E-state index contributed by atoms with van der Waals surface area (Å²) < 4.78 is 27.3. The van der Waals surface area contributed by atoms with Crippen molar-refractivity contribution in [1.29, 1.82) is 0 Å². The molecule has 1 fully saturated rings. The molecule has 2 aromatic heterocycles. The summed E-state index contributed by atoms with van der Waals surface area (Å²) in [7, 11) is -3.32. The van der Waals surface area contributed by atoms with Crippen LogP contribution in [0.15, 0.2) is 28.7 Å². The highest BCUT2D eigenvalue weighted by Gasteiger charge is 2.31. The van der Waals surface area contributed by atoms with Crippen LogP contribution < -0.4 is 0 Å². The van der Waals surface area contributed by atoms with Gasteiger partial charge in [-0.3, -0.25) is 0 Å². The molecule has 0 aliphatic carbocycles. The van der Waals surface area contributed by atoms with E-state index in [9.17, 15) is 8.42 Å². The standard InChI is InChI=1S/C14H19N3O2S2/c1-2-12-3-4-13(20-12)21(18,19)17-9-5-11(6-10-17)14-15-7-8-16-14/h3-4,7-8,11H,2,5-6,9-10H2,1H3,(H,15,16). The van der Waals surface area contributed by atoms with E-state index in [4.69, 9.17) is 0 Å². The average Bonchev–Trinajstić information content (AvgIpc) is 3.19. The van der Waals surface area contributed by atoms with E-state index in [2.05, 4.69) is 9.97 Å². The Labute approximate surface area is 129 Å². The maximum absolute atomic E-state index is 12.6. The molecular formula is C14H19N3O2S2. The van der Waals surface area contributed by atoms with E-state index in [1.165, 1.54) is 11.3 Å². The molecule has 1 saturated heterocycles. The molecule has 114 valence electrons. The molecule has 1 aliphatic rings. The van der Waals surface area contributed by atoms with Crippen LogP contribution in [0.1, 0.15) is 36.4 Å². The van der Waals surface area contributed by atoms with Gasteiger partial charge in [-0.25, -0.2) is 13.4 Å². The molecule has 0 amide bonds. The summed E-state index contributed by atoms with van der Waals surface area (Å²) in [5, 5.41) is 0. The molecule has 3 rings (SSSR count). The van der Waals surface area contributed by atoms with E-state index in [-0.39, 0.29) is 0 Å². The Morgan fingerprint density at radius 3 is 2.71 bits per heavy atom. The van der Waals surface area contributed by atoms with E-state index >= 15 is 0 Å². The molecule has 0 saturated carbocycles. The van der Waals surface area contributed by atoms with Gasteiger partial charge in [-0.2, -0.15) is 4.31 Å². The number of aromatic nitrogens is 2. The van der Waals surface area contributed by atoms with Crippen LogP contribution >= 0.6 is 11.3 Å². The highest BCUT2D eigenvalue weighted by Crippen LogP contribution is 2.31. The zero-order valence-electron chi connectivity index (χ0n) is 11.9. The third-order valence-corrected chi connectivity index (χ3v) is 7.54. The van der Waals surface area contributed by atoms with Gasteiger partial charge in [0.25, 0.3) is 10.0 Å². The van der Waals surface area contributed by atoms with Gasteiger partial charge in [-0.05, 0) is 31.4 Å². The third kappa shape index (κ3) is 2.90. The molecule has 0 atom stereocenters. The number of aryl methyl sites for hydroxylation is 1. The maximum Gasteiger partial charge on any atom is 0.252 e. The molecule has 2 aromatic rings. The lowest BCUT2D eigenvalue weighted by molar-refractivity contribution is 0.315. The number of hydrogen-bond donors (Lipinski definition) is 1. The molecule has 0 bridgehead atoms. The summed E-state index contributed by atoms with van der Waals surface area (Å²) in [6.45, 7) is 3.16.